The zero-order valence-electron chi connectivity index (χ0n) is 16.0. The number of carbonyl (C=O) groups excluding carboxylic acids is 1. The standard InChI is InChI=1S/C20H23N5O2S/c1-13-7-9-25(10-8-13)12-14-3-4-15-17(11-14)28-20(21-15)22-18-6-5-16(23-24-18)19(26)27-2/h3-6,11,13H,7-10,12H2,1-2H3,(H,21,22,24). The molecule has 8 heteroatoms. The lowest BCUT2D eigenvalue weighted by Crippen LogP contribution is -2.32. The maximum atomic E-state index is 11.4. The number of methoxy groups -OCH3 is 1. The number of nitrogens with zero attached hydrogens (tertiary/aromatic N) is 4. The highest BCUT2D eigenvalue weighted by atomic mass is 32.1. The van der Waals surface area contributed by atoms with E-state index in [1.165, 1.54) is 38.6 Å². The molecule has 1 N–H and O–H groups in total. The maximum absolute atomic E-state index is 11.4. The second-order valence-corrected chi connectivity index (χ2v) is 8.23. The van der Waals surface area contributed by atoms with Gasteiger partial charge < -0.3 is 10.1 Å². The van der Waals surface area contributed by atoms with E-state index in [9.17, 15) is 4.79 Å². The first-order valence-electron chi connectivity index (χ1n) is 9.41. The molecule has 2 aromatic heterocycles. The van der Waals surface area contributed by atoms with E-state index in [0.29, 0.717) is 5.82 Å². The molecule has 1 aliphatic rings. The van der Waals surface area contributed by atoms with Crippen LogP contribution >= 0.6 is 11.3 Å². The third kappa shape index (κ3) is 4.28. The van der Waals surface area contributed by atoms with E-state index >= 15 is 0 Å². The number of carbonyl (C=O) groups is 1. The minimum absolute atomic E-state index is 0.175. The van der Waals surface area contributed by atoms with Gasteiger partial charge in [-0.3, -0.25) is 4.90 Å². The lowest BCUT2D eigenvalue weighted by atomic mass is 9.99. The Hall–Kier alpha value is -2.58. The number of thiazole rings is 1. The molecule has 0 unspecified atom stereocenters. The summed E-state index contributed by atoms with van der Waals surface area (Å²) < 4.78 is 5.77. The van der Waals surface area contributed by atoms with Gasteiger partial charge in [-0.05, 0) is 61.7 Å². The number of rotatable bonds is 5. The van der Waals surface area contributed by atoms with Gasteiger partial charge in [0.1, 0.15) is 0 Å². The number of hydrogen-bond donors (Lipinski definition) is 1. The molecular formula is C20H23N5O2S. The van der Waals surface area contributed by atoms with E-state index in [1.807, 2.05) is 0 Å². The minimum atomic E-state index is -0.505. The van der Waals surface area contributed by atoms with Crippen LogP contribution < -0.4 is 5.32 Å². The summed E-state index contributed by atoms with van der Waals surface area (Å²) in [6.45, 7) is 5.68. The number of likely N-dealkylation sites (tertiary alicyclic amines) is 1. The predicted molar refractivity (Wildman–Crippen MR) is 110 cm³/mol. The molecule has 3 aromatic rings. The Balaban J connectivity index is 1.45. The summed E-state index contributed by atoms with van der Waals surface area (Å²) in [6.07, 6.45) is 2.57. The highest BCUT2D eigenvalue weighted by molar-refractivity contribution is 7.22. The fraction of sp³-hybridized carbons (Fsp3) is 0.400. The summed E-state index contributed by atoms with van der Waals surface area (Å²) in [4.78, 5) is 18.6. The van der Waals surface area contributed by atoms with Crippen LogP contribution in [0.15, 0.2) is 30.3 Å². The number of ether oxygens (including phenoxy) is 1. The quantitative estimate of drug-likeness (QED) is 0.655. The van der Waals surface area contributed by atoms with Crippen LogP contribution in [0.4, 0.5) is 10.9 Å². The topological polar surface area (TPSA) is 80.2 Å². The fourth-order valence-corrected chi connectivity index (χ4v) is 4.26. The molecule has 0 amide bonds. The van der Waals surface area contributed by atoms with E-state index in [0.717, 1.165) is 27.8 Å². The van der Waals surface area contributed by atoms with E-state index in [2.05, 4.69) is 55.3 Å². The first-order chi connectivity index (χ1) is 13.6. The van der Waals surface area contributed by atoms with Crippen molar-refractivity contribution >= 4 is 38.5 Å². The van der Waals surface area contributed by atoms with Crippen molar-refractivity contribution in [2.45, 2.75) is 26.3 Å². The van der Waals surface area contributed by atoms with Crippen molar-refractivity contribution in [3.8, 4) is 0 Å². The lowest BCUT2D eigenvalue weighted by Gasteiger charge is -2.30. The number of esters is 1. The normalized spacial score (nSPS) is 15.6. The van der Waals surface area contributed by atoms with Gasteiger partial charge in [0.05, 0.1) is 17.3 Å². The molecule has 0 saturated carbocycles. The zero-order chi connectivity index (χ0) is 19.5. The molecular weight excluding hydrogens is 374 g/mol. The number of fused-ring (bicyclic) bond motifs is 1. The van der Waals surface area contributed by atoms with Crippen LogP contribution in [0.5, 0.6) is 0 Å². The van der Waals surface area contributed by atoms with Crippen molar-refractivity contribution in [2.24, 2.45) is 5.92 Å². The van der Waals surface area contributed by atoms with Gasteiger partial charge in [-0.15, -0.1) is 10.2 Å². The minimum Gasteiger partial charge on any atom is -0.464 e. The van der Waals surface area contributed by atoms with Crippen LogP contribution in [-0.2, 0) is 11.3 Å². The van der Waals surface area contributed by atoms with Crippen LogP contribution in [0.25, 0.3) is 10.2 Å². The van der Waals surface area contributed by atoms with E-state index in [4.69, 9.17) is 0 Å². The number of aromatic nitrogens is 3. The van der Waals surface area contributed by atoms with Crippen LogP contribution in [0.1, 0.15) is 35.8 Å². The smallest absolute Gasteiger partial charge is 0.358 e. The van der Waals surface area contributed by atoms with Gasteiger partial charge >= 0.3 is 5.97 Å². The average molecular weight is 398 g/mol. The Kier molecular flexibility index (Phi) is 5.50. The second-order valence-electron chi connectivity index (χ2n) is 7.20. The molecule has 1 aromatic carbocycles. The highest BCUT2D eigenvalue weighted by Crippen LogP contribution is 2.29. The third-order valence-electron chi connectivity index (χ3n) is 5.03. The number of piperidine rings is 1. The van der Waals surface area contributed by atoms with Crippen LogP contribution in [0.3, 0.4) is 0 Å². The molecule has 0 spiro atoms. The molecule has 7 nitrogen and oxygen atoms in total. The number of nitrogens with one attached hydrogen (secondary N) is 1. The second kappa shape index (κ2) is 8.20. The number of anilines is 2. The monoisotopic (exact) mass is 397 g/mol. The Morgan fingerprint density at radius 1 is 1.25 bits per heavy atom. The number of benzene rings is 1. The Bertz CT molecular complexity index is 964. The summed E-state index contributed by atoms with van der Waals surface area (Å²) in [5, 5.41) is 11.8. The van der Waals surface area contributed by atoms with Gasteiger partial charge in [0.2, 0.25) is 0 Å². The predicted octanol–water partition coefficient (Wildman–Crippen LogP) is 3.85. The van der Waals surface area contributed by atoms with Gasteiger partial charge in [0, 0.05) is 6.54 Å². The molecule has 146 valence electrons. The van der Waals surface area contributed by atoms with Crippen molar-refractivity contribution in [1.29, 1.82) is 0 Å². The average Bonchev–Trinajstić information content (AvgIpc) is 3.11. The van der Waals surface area contributed by atoms with Crippen LogP contribution in [0, 0.1) is 5.92 Å². The molecule has 0 bridgehead atoms. The van der Waals surface area contributed by atoms with Crippen molar-refractivity contribution in [3.05, 3.63) is 41.6 Å². The Morgan fingerprint density at radius 3 is 2.79 bits per heavy atom. The lowest BCUT2D eigenvalue weighted by molar-refractivity contribution is 0.0593. The van der Waals surface area contributed by atoms with Gasteiger partial charge in [-0.1, -0.05) is 24.3 Å². The Morgan fingerprint density at radius 2 is 2.07 bits per heavy atom. The Labute approximate surface area is 167 Å². The summed E-state index contributed by atoms with van der Waals surface area (Å²) in [5.41, 5.74) is 2.45. The van der Waals surface area contributed by atoms with Gasteiger partial charge in [-0.2, -0.15) is 0 Å². The van der Waals surface area contributed by atoms with Crippen molar-refractivity contribution < 1.29 is 9.53 Å². The third-order valence-corrected chi connectivity index (χ3v) is 5.96. The summed E-state index contributed by atoms with van der Waals surface area (Å²) in [7, 11) is 1.32. The molecule has 1 saturated heterocycles. The first-order valence-corrected chi connectivity index (χ1v) is 10.2. The van der Waals surface area contributed by atoms with Crippen molar-refractivity contribution in [3.63, 3.8) is 0 Å². The first kappa shape index (κ1) is 18.8. The molecule has 3 heterocycles. The fourth-order valence-electron chi connectivity index (χ4n) is 3.32. The van der Waals surface area contributed by atoms with E-state index in [-0.39, 0.29) is 5.69 Å². The van der Waals surface area contributed by atoms with E-state index < -0.39 is 5.97 Å². The number of hydrogen-bond acceptors (Lipinski definition) is 8. The zero-order valence-corrected chi connectivity index (χ0v) is 16.8. The van der Waals surface area contributed by atoms with Crippen LogP contribution in [0.2, 0.25) is 0 Å². The SMILES string of the molecule is COC(=O)c1ccc(Nc2nc3ccc(CN4CCC(C)CC4)cc3s2)nn1. The molecule has 0 atom stereocenters. The molecule has 0 radical (unpaired) electrons. The highest BCUT2D eigenvalue weighted by Gasteiger charge is 2.16. The van der Waals surface area contributed by atoms with Crippen LogP contribution in [-0.4, -0.2) is 46.2 Å². The molecule has 4 rings (SSSR count). The van der Waals surface area contributed by atoms with Gasteiger partial charge in [0.25, 0.3) is 0 Å². The summed E-state index contributed by atoms with van der Waals surface area (Å²) in [6, 6.07) is 9.72. The molecule has 0 aliphatic carbocycles. The molecule has 1 aliphatic heterocycles. The van der Waals surface area contributed by atoms with Crippen molar-refractivity contribution in [2.75, 3.05) is 25.5 Å². The van der Waals surface area contributed by atoms with E-state index in [1.54, 1.807) is 23.5 Å². The molecule has 28 heavy (non-hydrogen) atoms. The van der Waals surface area contributed by atoms with Gasteiger partial charge in [-0.25, -0.2) is 9.78 Å². The van der Waals surface area contributed by atoms with Gasteiger partial charge in [0.15, 0.2) is 16.6 Å². The largest absolute Gasteiger partial charge is 0.464 e. The molecule has 1 fully saturated rings. The van der Waals surface area contributed by atoms with Crippen molar-refractivity contribution in [1.82, 2.24) is 20.1 Å². The summed E-state index contributed by atoms with van der Waals surface area (Å²) >= 11 is 1.58. The summed E-state index contributed by atoms with van der Waals surface area (Å²) in [5.74, 6) is 0.878. The maximum Gasteiger partial charge on any atom is 0.358 e.